The lowest BCUT2D eigenvalue weighted by Gasteiger charge is -2.15. The van der Waals surface area contributed by atoms with Gasteiger partial charge in [0.25, 0.3) is 0 Å². The SMILES string of the molecule is CN(CCO)c1cnc(C(N)=S)cn1. The summed E-state index contributed by atoms with van der Waals surface area (Å²) in [5.74, 6) is 0.680. The molecule has 0 spiro atoms. The van der Waals surface area contributed by atoms with E-state index >= 15 is 0 Å². The normalized spacial score (nSPS) is 9.86. The van der Waals surface area contributed by atoms with Crippen molar-refractivity contribution in [3.63, 3.8) is 0 Å². The lowest BCUT2D eigenvalue weighted by molar-refractivity contribution is 0.304. The minimum absolute atomic E-state index is 0.0786. The molecule has 76 valence electrons. The number of rotatable bonds is 4. The van der Waals surface area contributed by atoms with E-state index in [1.54, 1.807) is 11.1 Å². The summed E-state index contributed by atoms with van der Waals surface area (Å²) >= 11 is 4.74. The van der Waals surface area contributed by atoms with Gasteiger partial charge in [0.15, 0.2) is 0 Å². The fraction of sp³-hybridized carbons (Fsp3) is 0.375. The number of hydrogen-bond acceptors (Lipinski definition) is 5. The van der Waals surface area contributed by atoms with Gasteiger partial charge >= 0.3 is 0 Å². The quantitative estimate of drug-likeness (QED) is 0.658. The Kier molecular flexibility index (Phi) is 3.73. The zero-order chi connectivity index (χ0) is 10.6. The van der Waals surface area contributed by atoms with E-state index in [2.05, 4.69) is 9.97 Å². The molecule has 1 rings (SSSR count). The second-order valence-electron chi connectivity index (χ2n) is 2.77. The van der Waals surface area contributed by atoms with Crippen molar-refractivity contribution >= 4 is 23.0 Å². The minimum Gasteiger partial charge on any atom is -0.395 e. The Morgan fingerprint density at radius 2 is 2.29 bits per heavy atom. The van der Waals surface area contributed by atoms with Crippen molar-refractivity contribution in [3.8, 4) is 0 Å². The van der Waals surface area contributed by atoms with Crippen LogP contribution in [0.25, 0.3) is 0 Å². The number of nitrogens with two attached hydrogens (primary N) is 1. The first kappa shape index (κ1) is 10.8. The van der Waals surface area contributed by atoms with E-state index < -0.39 is 0 Å². The van der Waals surface area contributed by atoms with Crippen molar-refractivity contribution in [1.29, 1.82) is 0 Å². The Bertz CT molecular complexity index is 314. The number of nitrogens with zero attached hydrogens (tertiary/aromatic N) is 3. The summed E-state index contributed by atoms with van der Waals surface area (Å²) in [6.07, 6.45) is 3.09. The Balaban J connectivity index is 2.77. The second kappa shape index (κ2) is 4.83. The van der Waals surface area contributed by atoms with Crippen LogP contribution in [0.2, 0.25) is 0 Å². The molecule has 0 aliphatic rings. The maximum absolute atomic E-state index is 8.71. The van der Waals surface area contributed by atoms with E-state index in [9.17, 15) is 0 Å². The molecule has 0 saturated heterocycles. The van der Waals surface area contributed by atoms with Gasteiger partial charge in [-0.2, -0.15) is 0 Å². The third kappa shape index (κ3) is 2.61. The molecule has 0 atom stereocenters. The maximum Gasteiger partial charge on any atom is 0.146 e. The van der Waals surface area contributed by atoms with Gasteiger partial charge in [-0.25, -0.2) is 9.97 Å². The molecule has 14 heavy (non-hydrogen) atoms. The standard InChI is InChI=1S/C8H12N4OS/c1-12(2-3-13)7-5-10-6(4-11-7)8(9)14/h4-5,13H,2-3H2,1H3,(H2,9,14). The lowest BCUT2D eigenvalue weighted by Crippen LogP contribution is -2.23. The summed E-state index contributed by atoms with van der Waals surface area (Å²) < 4.78 is 0. The zero-order valence-electron chi connectivity index (χ0n) is 7.84. The van der Waals surface area contributed by atoms with Gasteiger partial charge in [-0.05, 0) is 0 Å². The summed E-state index contributed by atoms with van der Waals surface area (Å²) in [6, 6.07) is 0. The van der Waals surface area contributed by atoms with Crippen LogP contribution in [0.3, 0.4) is 0 Å². The summed E-state index contributed by atoms with van der Waals surface area (Å²) in [4.78, 5) is 10.2. The molecular formula is C8H12N4OS. The van der Waals surface area contributed by atoms with Gasteiger partial charge in [0.1, 0.15) is 16.5 Å². The molecule has 0 amide bonds. The summed E-state index contributed by atoms with van der Waals surface area (Å²) in [5, 5.41) is 8.71. The van der Waals surface area contributed by atoms with Crippen LogP contribution >= 0.6 is 12.2 Å². The second-order valence-corrected chi connectivity index (χ2v) is 3.21. The molecule has 1 aromatic heterocycles. The predicted octanol–water partition coefficient (Wildman–Crippen LogP) is -0.461. The van der Waals surface area contributed by atoms with Gasteiger partial charge in [0.05, 0.1) is 19.0 Å². The molecule has 0 saturated carbocycles. The van der Waals surface area contributed by atoms with Crippen LogP contribution in [-0.2, 0) is 0 Å². The van der Waals surface area contributed by atoms with Crippen LogP contribution in [0.4, 0.5) is 5.82 Å². The average molecular weight is 212 g/mol. The molecule has 0 aliphatic carbocycles. The Morgan fingerprint density at radius 1 is 1.57 bits per heavy atom. The minimum atomic E-state index is 0.0786. The molecule has 1 heterocycles. The van der Waals surface area contributed by atoms with Crippen molar-refractivity contribution in [3.05, 3.63) is 18.1 Å². The van der Waals surface area contributed by atoms with Gasteiger partial charge in [0, 0.05) is 13.6 Å². The van der Waals surface area contributed by atoms with Crippen LogP contribution in [0.15, 0.2) is 12.4 Å². The number of likely N-dealkylation sites (N-methyl/N-ethyl adjacent to an activating group) is 1. The van der Waals surface area contributed by atoms with Crippen molar-refractivity contribution in [1.82, 2.24) is 9.97 Å². The lowest BCUT2D eigenvalue weighted by atomic mass is 10.4. The summed E-state index contributed by atoms with van der Waals surface area (Å²) in [7, 11) is 1.82. The van der Waals surface area contributed by atoms with E-state index in [1.165, 1.54) is 6.20 Å². The van der Waals surface area contributed by atoms with E-state index in [4.69, 9.17) is 23.1 Å². The molecule has 5 nitrogen and oxygen atoms in total. The number of aliphatic hydroxyl groups is 1. The maximum atomic E-state index is 8.71. The van der Waals surface area contributed by atoms with Crippen molar-refractivity contribution < 1.29 is 5.11 Å². The van der Waals surface area contributed by atoms with Gasteiger partial charge in [-0.15, -0.1) is 0 Å². The van der Waals surface area contributed by atoms with Crippen molar-refractivity contribution in [2.75, 3.05) is 25.1 Å². The first-order valence-electron chi connectivity index (χ1n) is 4.09. The van der Waals surface area contributed by atoms with E-state index in [0.717, 1.165) is 0 Å². The molecule has 0 unspecified atom stereocenters. The highest BCUT2D eigenvalue weighted by atomic mass is 32.1. The van der Waals surface area contributed by atoms with Crippen molar-refractivity contribution in [2.45, 2.75) is 0 Å². The van der Waals surface area contributed by atoms with E-state index in [-0.39, 0.29) is 11.6 Å². The third-order valence-corrected chi connectivity index (χ3v) is 1.93. The zero-order valence-corrected chi connectivity index (χ0v) is 8.66. The highest BCUT2D eigenvalue weighted by Gasteiger charge is 2.03. The van der Waals surface area contributed by atoms with Gasteiger partial charge in [0.2, 0.25) is 0 Å². The highest BCUT2D eigenvalue weighted by molar-refractivity contribution is 7.80. The largest absolute Gasteiger partial charge is 0.395 e. The third-order valence-electron chi connectivity index (χ3n) is 1.72. The Labute approximate surface area is 87.6 Å². The Hall–Kier alpha value is -1.27. The molecule has 0 fully saturated rings. The predicted molar refractivity (Wildman–Crippen MR) is 58.3 cm³/mol. The molecule has 3 N–H and O–H groups in total. The number of aliphatic hydroxyl groups excluding tert-OH is 1. The Morgan fingerprint density at radius 3 is 2.71 bits per heavy atom. The molecule has 6 heteroatoms. The molecule has 0 radical (unpaired) electrons. The topological polar surface area (TPSA) is 75.3 Å². The first-order chi connectivity index (χ1) is 6.65. The summed E-state index contributed by atoms with van der Waals surface area (Å²) in [6.45, 7) is 0.594. The van der Waals surface area contributed by atoms with E-state index in [1.807, 2.05) is 7.05 Å². The monoisotopic (exact) mass is 212 g/mol. The molecule has 1 aromatic rings. The van der Waals surface area contributed by atoms with Crippen molar-refractivity contribution in [2.24, 2.45) is 5.73 Å². The van der Waals surface area contributed by atoms with Crippen LogP contribution in [-0.4, -0.2) is 40.3 Å². The first-order valence-corrected chi connectivity index (χ1v) is 4.50. The number of anilines is 1. The van der Waals surface area contributed by atoms with Crippen LogP contribution < -0.4 is 10.6 Å². The fourth-order valence-electron chi connectivity index (χ4n) is 0.910. The molecule has 0 aliphatic heterocycles. The smallest absolute Gasteiger partial charge is 0.146 e. The molecule has 0 aromatic carbocycles. The number of aromatic nitrogens is 2. The average Bonchev–Trinajstić information content (AvgIpc) is 2.18. The summed E-state index contributed by atoms with van der Waals surface area (Å²) in [5.41, 5.74) is 5.88. The molecule has 0 bridgehead atoms. The van der Waals surface area contributed by atoms with E-state index in [0.29, 0.717) is 18.1 Å². The number of thiocarbonyl (C=S) groups is 1. The van der Waals surface area contributed by atoms with Crippen LogP contribution in [0, 0.1) is 0 Å². The van der Waals surface area contributed by atoms with Crippen LogP contribution in [0.5, 0.6) is 0 Å². The van der Waals surface area contributed by atoms with Gasteiger partial charge in [-0.3, -0.25) is 0 Å². The highest BCUT2D eigenvalue weighted by Crippen LogP contribution is 2.05. The van der Waals surface area contributed by atoms with Crippen LogP contribution in [0.1, 0.15) is 5.69 Å². The van der Waals surface area contributed by atoms with Gasteiger partial charge in [-0.1, -0.05) is 12.2 Å². The fourth-order valence-corrected chi connectivity index (χ4v) is 1.02. The molecular weight excluding hydrogens is 200 g/mol. The number of hydrogen-bond donors (Lipinski definition) is 2. The van der Waals surface area contributed by atoms with Gasteiger partial charge < -0.3 is 15.7 Å².